The Labute approximate surface area is 119 Å². The number of nitrogens with two attached hydrogens (primary N) is 1. The highest BCUT2D eigenvalue weighted by Gasteiger charge is 2.23. The van der Waals surface area contributed by atoms with Crippen molar-refractivity contribution in [2.45, 2.75) is 12.8 Å². The van der Waals surface area contributed by atoms with Crippen molar-refractivity contribution in [1.29, 1.82) is 0 Å². The molecule has 1 atom stereocenters. The lowest BCUT2D eigenvalue weighted by Crippen LogP contribution is -2.37. The van der Waals surface area contributed by atoms with E-state index in [1.165, 1.54) is 13.5 Å². The van der Waals surface area contributed by atoms with Gasteiger partial charge in [-0.15, -0.1) is 0 Å². The number of benzene rings is 1. The Morgan fingerprint density at radius 3 is 2.95 bits per heavy atom. The maximum absolute atomic E-state index is 11.7. The molecule has 1 saturated heterocycles. The Morgan fingerprint density at radius 1 is 1.45 bits per heavy atom. The molecule has 0 spiro atoms. The van der Waals surface area contributed by atoms with Crippen LogP contribution in [-0.2, 0) is 9.47 Å². The van der Waals surface area contributed by atoms with Crippen LogP contribution < -0.4 is 10.6 Å². The summed E-state index contributed by atoms with van der Waals surface area (Å²) in [7, 11) is 3.09. The van der Waals surface area contributed by atoms with Crippen LogP contribution in [0.25, 0.3) is 0 Å². The van der Waals surface area contributed by atoms with E-state index in [1.54, 1.807) is 13.2 Å². The largest absolute Gasteiger partial charge is 0.465 e. The zero-order valence-electron chi connectivity index (χ0n) is 12.1. The number of carbonyl (C=O) groups is 1. The monoisotopic (exact) mass is 278 g/mol. The predicted molar refractivity (Wildman–Crippen MR) is 79.0 cm³/mol. The standard InChI is InChI=1S/C15H22N2O3/c1-19-10-11-5-4-8-17(9-11)13-7-3-6-12(14(13)16)15(18)20-2/h3,6-7,11H,4-5,8-10,16H2,1-2H3. The molecule has 1 aliphatic heterocycles. The van der Waals surface area contributed by atoms with E-state index in [9.17, 15) is 4.79 Å². The fourth-order valence-electron chi connectivity index (χ4n) is 2.77. The number of nitrogen functional groups attached to an aromatic ring is 1. The Kier molecular flexibility index (Phi) is 4.84. The smallest absolute Gasteiger partial charge is 0.340 e. The molecule has 1 unspecified atom stereocenters. The van der Waals surface area contributed by atoms with Crippen LogP contribution >= 0.6 is 0 Å². The number of esters is 1. The first-order valence-electron chi connectivity index (χ1n) is 6.88. The molecule has 1 aromatic rings. The average molecular weight is 278 g/mol. The highest BCUT2D eigenvalue weighted by molar-refractivity contribution is 5.98. The predicted octanol–water partition coefficient (Wildman–Crippen LogP) is 1.92. The van der Waals surface area contributed by atoms with Crippen LogP contribution in [0, 0.1) is 5.92 Å². The zero-order chi connectivity index (χ0) is 14.5. The Morgan fingerprint density at radius 2 is 2.25 bits per heavy atom. The van der Waals surface area contributed by atoms with Gasteiger partial charge in [-0.2, -0.15) is 0 Å². The van der Waals surface area contributed by atoms with Crippen LogP contribution in [0.4, 0.5) is 11.4 Å². The van der Waals surface area contributed by atoms with Gasteiger partial charge in [0.05, 0.1) is 30.7 Å². The maximum atomic E-state index is 11.7. The quantitative estimate of drug-likeness (QED) is 0.673. The molecule has 0 bridgehead atoms. The van der Waals surface area contributed by atoms with Gasteiger partial charge >= 0.3 is 5.97 Å². The lowest BCUT2D eigenvalue weighted by molar-refractivity contribution is 0.0602. The van der Waals surface area contributed by atoms with Crippen LogP contribution in [0.15, 0.2) is 18.2 Å². The van der Waals surface area contributed by atoms with Gasteiger partial charge in [-0.25, -0.2) is 4.79 Å². The van der Waals surface area contributed by atoms with Crippen molar-refractivity contribution < 1.29 is 14.3 Å². The molecule has 1 aliphatic rings. The van der Waals surface area contributed by atoms with Gasteiger partial charge in [0.2, 0.25) is 0 Å². The average Bonchev–Trinajstić information content (AvgIpc) is 2.47. The SMILES string of the molecule is COCC1CCCN(c2cccc(C(=O)OC)c2N)C1. The third kappa shape index (κ3) is 3.04. The minimum absolute atomic E-state index is 0.394. The first-order chi connectivity index (χ1) is 9.67. The lowest BCUT2D eigenvalue weighted by Gasteiger charge is -2.35. The molecule has 20 heavy (non-hydrogen) atoms. The van der Waals surface area contributed by atoms with Crippen LogP contribution in [0.3, 0.4) is 0 Å². The van der Waals surface area contributed by atoms with Gasteiger partial charge < -0.3 is 20.1 Å². The third-order valence-corrected chi connectivity index (χ3v) is 3.75. The molecule has 1 aromatic carbocycles. The summed E-state index contributed by atoms with van der Waals surface area (Å²) in [6, 6.07) is 5.50. The molecule has 5 heteroatoms. The number of hydrogen-bond acceptors (Lipinski definition) is 5. The number of piperidine rings is 1. The summed E-state index contributed by atoms with van der Waals surface area (Å²) >= 11 is 0. The summed E-state index contributed by atoms with van der Waals surface area (Å²) in [5.74, 6) is 0.115. The third-order valence-electron chi connectivity index (χ3n) is 3.75. The van der Waals surface area contributed by atoms with E-state index < -0.39 is 5.97 Å². The van der Waals surface area contributed by atoms with Crippen molar-refractivity contribution in [2.75, 3.05) is 44.5 Å². The number of hydrogen-bond donors (Lipinski definition) is 1. The lowest BCUT2D eigenvalue weighted by atomic mass is 9.97. The van der Waals surface area contributed by atoms with E-state index in [0.29, 0.717) is 17.2 Å². The van der Waals surface area contributed by atoms with Gasteiger partial charge in [-0.1, -0.05) is 6.07 Å². The number of anilines is 2. The molecule has 2 N–H and O–H groups in total. The summed E-state index contributed by atoms with van der Waals surface area (Å²) in [5.41, 5.74) is 7.97. The topological polar surface area (TPSA) is 64.8 Å². The van der Waals surface area contributed by atoms with Gasteiger partial charge in [-0.05, 0) is 30.9 Å². The summed E-state index contributed by atoms with van der Waals surface area (Å²) in [4.78, 5) is 13.9. The normalized spacial score (nSPS) is 18.9. The number of methoxy groups -OCH3 is 2. The minimum Gasteiger partial charge on any atom is -0.465 e. The van der Waals surface area contributed by atoms with Crippen molar-refractivity contribution in [3.63, 3.8) is 0 Å². The van der Waals surface area contributed by atoms with Crippen molar-refractivity contribution in [3.05, 3.63) is 23.8 Å². The van der Waals surface area contributed by atoms with Gasteiger partial charge in [0.15, 0.2) is 0 Å². The van der Waals surface area contributed by atoms with Crippen LogP contribution in [-0.4, -0.2) is 39.9 Å². The highest BCUT2D eigenvalue weighted by Crippen LogP contribution is 2.30. The van der Waals surface area contributed by atoms with Crippen molar-refractivity contribution >= 4 is 17.3 Å². The number of carbonyl (C=O) groups excluding carboxylic acids is 1. The molecular weight excluding hydrogens is 256 g/mol. The first kappa shape index (κ1) is 14.7. The molecule has 0 aliphatic carbocycles. The number of nitrogens with zero attached hydrogens (tertiary/aromatic N) is 1. The Hall–Kier alpha value is -1.75. The van der Waals surface area contributed by atoms with E-state index in [-0.39, 0.29) is 0 Å². The maximum Gasteiger partial charge on any atom is 0.340 e. The van der Waals surface area contributed by atoms with Gasteiger partial charge in [0.25, 0.3) is 0 Å². The second-order valence-corrected chi connectivity index (χ2v) is 5.14. The van der Waals surface area contributed by atoms with Crippen LogP contribution in [0.5, 0.6) is 0 Å². The van der Waals surface area contributed by atoms with E-state index in [0.717, 1.165) is 31.8 Å². The molecule has 1 fully saturated rings. The molecule has 1 heterocycles. The fourth-order valence-corrected chi connectivity index (χ4v) is 2.77. The van der Waals surface area contributed by atoms with Crippen molar-refractivity contribution in [3.8, 4) is 0 Å². The summed E-state index contributed by atoms with van der Waals surface area (Å²) in [6.07, 6.45) is 2.27. The Balaban J connectivity index is 2.22. The minimum atomic E-state index is -0.394. The number of ether oxygens (including phenoxy) is 2. The second-order valence-electron chi connectivity index (χ2n) is 5.14. The molecule has 0 amide bonds. The van der Waals surface area contributed by atoms with Crippen LogP contribution in [0.1, 0.15) is 23.2 Å². The van der Waals surface area contributed by atoms with Crippen LogP contribution in [0.2, 0.25) is 0 Å². The molecule has 5 nitrogen and oxygen atoms in total. The van der Waals surface area contributed by atoms with E-state index in [4.69, 9.17) is 15.2 Å². The number of rotatable bonds is 4. The molecular formula is C15H22N2O3. The summed E-state index contributed by atoms with van der Waals surface area (Å²) in [6.45, 7) is 2.62. The fraction of sp³-hybridized carbons (Fsp3) is 0.533. The van der Waals surface area contributed by atoms with Gasteiger partial charge in [0, 0.05) is 20.2 Å². The summed E-state index contributed by atoms with van der Waals surface area (Å²) in [5, 5.41) is 0. The first-order valence-corrected chi connectivity index (χ1v) is 6.88. The molecule has 110 valence electrons. The molecule has 0 aromatic heterocycles. The molecule has 2 rings (SSSR count). The second kappa shape index (κ2) is 6.61. The van der Waals surface area contributed by atoms with E-state index in [1.807, 2.05) is 12.1 Å². The van der Waals surface area contributed by atoms with E-state index >= 15 is 0 Å². The molecule has 0 saturated carbocycles. The Bertz CT molecular complexity index is 474. The van der Waals surface area contributed by atoms with E-state index in [2.05, 4.69) is 4.90 Å². The zero-order valence-corrected chi connectivity index (χ0v) is 12.1. The summed E-state index contributed by atoms with van der Waals surface area (Å²) < 4.78 is 10.0. The number of para-hydroxylation sites is 1. The van der Waals surface area contributed by atoms with Crippen molar-refractivity contribution in [2.24, 2.45) is 5.92 Å². The highest BCUT2D eigenvalue weighted by atomic mass is 16.5. The van der Waals surface area contributed by atoms with Gasteiger partial charge in [-0.3, -0.25) is 0 Å². The van der Waals surface area contributed by atoms with Crippen molar-refractivity contribution in [1.82, 2.24) is 0 Å². The molecule has 0 radical (unpaired) electrons. The van der Waals surface area contributed by atoms with Gasteiger partial charge in [0.1, 0.15) is 0 Å².